The Balaban J connectivity index is 1.92. The zero-order valence-corrected chi connectivity index (χ0v) is 15.2. The molecule has 1 unspecified atom stereocenters. The van der Waals surface area contributed by atoms with E-state index in [4.69, 9.17) is 25.8 Å². The molecule has 1 aliphatic heterocycles. The molecular formula is C19H20ClNO4. The molecule has 0 N–H and O–H groups in total. The lowest BCUT2D eigenvalue weighted by Crippen LogP contribution is -2.34. The second kappa shape index (κ2) is 7.23. The zero-order chi connectivity index (χ0) is 18.0. The molecule has 1 heterocycles. The number of benzene rings is 2. The van der Waals surface area contributed by atoms with Gasteiger partial charge in [-0.05, 0) is 42.8 Å². The van der Waals surface area contributed by atoms with Gasteiger partial charge < -0.3 is 19.1 Å². The predicted octanol–water partition coefficient (Wildman–Crippen LogP) is 3.84. The predicted molar refractivity (Wildman–Crippen MR) is 95.5 cm³/mol. The normalized spacial score (nSPS) is 15.0. The molecule has 3 rings (SSSR count). The first-order valence-corrected chi connectivity index (χ1v) is 8.34. The van der Waals surface area contributed by atoms with Gasteiger partial charge in [0.2, 0.25) is 0 Å². The molecular weight excluding hydrogens is 342 g/mol. The van der Waals surface area contributed by atoms with Gasteiger partial charge in [0.25, 0.3) is 5.91 Å². The van der Waals surface area contributed by atoms with Gasteiger partial charge in [0.15, 0.2) is 18.1 Å². The number of ether oxygens (including phenoxy) is 3. The van der Waals surface area contributed by atoms with Crippen LogP contribution < -0.4 is 14.2 Å². The molecule has 0 spiro atoms. The molecule has 0 bridgehead atoms. The van der Waals surface area contributed by atoms with Crippen LogP contribution in [0.1, 0.15) is 24.1 Å². The van der Waals surface area contributed by atoms with Crippen LogP contribution in [0.4, 0.5) is 0 Å². The van der Waals surface area contributed by atoms with Gasteiger partial charge in [0.05, 0.1) is 26.8 Å². The van der Waals surface area contributed by atoms with Crippen LogP contribution in [0.15, 0.2) is 36.4 Å². The molecule has 0 aliphatic carbocycles. The van der Waals surface area contributed by atoms with Crippen molar-refractivity contribution in [3.63, 3.8) is 0 Å². The summed E-state index contributed by atoms with van der Waals surface area (Å²) >= 11 is 6.09. The van der Waals surface area contributed by atoms with Crippen LogP contribution in [0, 0.1) is 0 Å². The number of hydrogen-bond donors (Lipinski definition) is 0. The van der Waals surface area contributed by atoms with Gasteiger partial charge >= 0.3 is 0 Å². The highest BCUT2D eigenvalue weighted by Crippen LogP contribution is 2.34. The number of halogens is 1. The summed E-state index contributed by atoms with van der Waals surface area (Å²) in [4.78, 5) is 14.4. The molecule has 25 heavy (non-hydrogen) atoms. The first-order chi connectivity index (χ1) is 12.0. The first kappa shape index (κ1) is 17.4. The molecule has 2 aromatic rings. The van der Waals surface area contributed by atoms with E-state index >= 15 is 0 Å². The highest BCUT2D eigenvalue weighted by Gasteiger charge is 2.27. The number of fused-ring (bicyclic) bond motifs is 1. The largest absolute Gasteiger partial charge is 0.493 e. The third-order valence-corrected chi connectivity index (χ3v) is 4.63. The molecule has 6 heteroatoms. The molecule has 5 nitrogen and oxygen atoms in total. The zero-order valence-electron chi connectivity index (χ0n) is 14.4. The van der Waals surface area contributed by atoms with E-state index in [1.807, 2.05) is 31.2 Å². The highest BCUT2D eigenvalue weighted by atomic mass is 35.5. The van der Waals surface area contributed by atoms with Crippen LogP contribution in [0.2, 0.25) is 5.02 Å². The van der Waals surface area contributed by atoms with Crippen LogP contribution in [-0.2, 0) is 11.3 Å². The Morgan fingerprint density at radius 3 is 2.60 bits per heavy atom. The van der Waals surface area contributed by atoms with Crippen molar-refractivity contribution < 1.29 is 19.0 Å². The van der Waals surface area contributed by atoms with Gasteiger partial charge in [-0.2, -0.15) is 0 Å². The smallest absolute Gasteiger partial charge is 0.261 e. The third-order valence-electron chi connectivity index (χ3n) is 4.39. The molecule has 0 saturated heterocycles. The van der Waals surface area contributed by atoms with Gasteiger partial charge in [0.1, 0.15) is 5.75 Å². The number of rotatable bonds is 4. The summed E-state index contributed by atoms with van der Waals surface area (Å²) < 4.78 is 16.3. The van der Waals surface area contributed by atoms with Crippen molar-refractivity contribution in [3.05, 3.63) is 52.5 Å². The highest BCUT2D eigenvalue weighted by molar-refractivity contribution is 6.30. The van der Waals surface area contributed by atoms with E-state index in [2.05, 4.69) is 0 Å². The van der Waals surface area contributed by atoms with Crippen LogP contribution in [0.3, 0.4) is 0 Å². The number of nitrogens with zero attached hydrogens (tertiary/aromatic N) is 1. The van der Waals surface area contributed by atoms with Gasteiger partial charge in [-0.3, -0.25) is 4.79 Å². The van der Waals surface area contributed by atoms with Crippen molar-refractivity contribution in [3.8, 4) is 17.2 Å². The molecule has 1 amide bonds. The summed E-state index contributed by atoms with van der Waals surface area (Å²) in [5.74, 6) is 1.91. The fraction of sp³-hybridized carbons (Fsp3) is 0.316. The summed E-state index contributed by atoms with van der Waals surface area (Å²) in [6.45, 7) is 2.42. The maximum absolute atomic E-state index is 12.6. The van der Waals surface area contributed by atoms with Crippen molar-refractivity contribution in [1.82, 2.24) is 4.90 Å². The molecule has 0 saturated carbocycles. The summed E-state index contributed by atoms with van der Waals surface area (Å²) in [5.41, 5.74) is 1.85. The Hall–Kier alpha value is -2.40. The third kappa shape index (κ3) is 3.51. The van der Waals surface area contributed by atoms with Crippen molar-refractivity contribution in [2.75, 3.05) is 20.8 Å². The number of hydrogen-bond acceptors (Lipinski definition) is 4. The topological polar surface area (TPSA) is 48.0 Å². The van der Waals surface area contributed by atoms with E-state index in [1.165, 1.54) is 0 Å². The van der Waals surface area contributed by atoms with Crippen LogP contribution in [-0.4, -0.2) is 31.6 Å². The molecule has 1 atom stereocenters. The molecule has 2 aromatic carbocycles. The lowest BCUT2D eigenvalue weighted by Gasteiger charge is -2.28. The molecule has 1 aliphatic rings. The summed E-state index contributed by atoms with van der Waals surface area (Å²) in [6.07, 6.45) is 0. The maximum atomic E-state index is 12.6. The van der Waals surface area contributed by atoms with E-state index in [-0.39, 0.29) is 18.6 Å². The molecule has 0 aromatic heterocycles. The van der Waals surface area contributed by atoms with E-state index in [1.54, 1.807) is 31.3 Å². The second-order valence-corrected chi connectivity index (χ2v) is 6.29. The van der Waals surface area contributed by atoms with Crippen LogP contribution in [0.5, 0.6) is 17.2 Å². The van der Waals surface area contributed by atoms with Crippen molar-refractivity contribution in [1.29, 1.82) is 0 Å². The van der Waals surface area contributed by atoms with Crippen LogP contribution >= 0.6 is 11.6 Å². The van der Waals surface area contributed by atoms with E-state index in [9.17, 15) is 4.79 Å². The first-order valence-electron chi connectivity index (χ1n) is 7.96. The van der Waals surface area contributed by atoms with Crippen molar-refractivity contribution >= 4 is 17.5 Å². The number of carbonyl (C=O) groups excluding carboxylic acids is 1. The Morgan fingerprint density at radius 1 is 1.12 bits per heavy atom. The molecule has 132 valence electrons. The Bertz CT molecular complexity index is 793. The fourth-order valence-corrected chi connectivity index (χ4v) is 3.15. The Labute approximate surface area is 152 Å². The Kier molecular flexibility index (Phi) is 5.04. The average Bonchev–Trinajstić information content (AvgIpc) is 2.79. The van der Waals surface area contributed by atoms with Gasteiger partial charge in [-0.1, -0.05) is 17.7 Å². The van der Waals surface area contributed by atoms with Crippen molar-refractivity contribution in [2.45, 2.75) is 19.5 Å². The summed E-state index contributed by atoms with van der Waals surface area (Å²) in [5, 5.41) is 0.621. The maximum Gasteiger partial charge on any atom is 0.261 e. The minimum Gasteiger partial charge on any atom is -0.493 e. The SMILES string of the molecule is COc1ccc(C(C)N2Cc3cc(Cl)ccc3OCC2=O)cc1OC. The average molecular weight is 362 g/mol. The molecule has 0 radical (unpaired) electrons. The second-order valence-electron chi connectivity index (χ2n) is 5.85. The standard InChI is InChI=1S/C19H20ClNO4/c1-12(13-4-6-17(23-2)18(9-13)24-3)21-10-14-8-15(20)5-7-16(14)25-11-19(21)22/h4-9,12H,10-11H2,1-3H3. The lowest BCUT2D eigenvalue weighted by atomic mass is 10.0. The Morgan fingerprint density at radius 2 is 1.88 bits per heavy atom. The molecule has 0 fully saturated rings. The van der Waals surface area contributed by atoms with E-state index in [0.717, 1.165) is 11.1 Å². The number of carbonyl (C=O) groups is 1. The van der Waals surface area contributed by atoms with Crippen LogP contribution in [0.25, 0.3) is 0 Å². The minimum absolute atomic E-state index is 0.00621. The number of methoxy groups -OCH3 is 2. The van der Waals surface area contributed by atoms with E-state index < -0.39 is 0 Å². The number of amides is 1. The summed E-state index contributed by atoms with van der Waals surface area (Å²) in [6, 6.07) is 10.9. The quantitative estimate of drug-likeness (QED) is 0.830. The monoisotopic (exact) mass is 361 g/mol. The van der Waals surface area contributed by atoms with Gasteiger partial charge in [-0.25, -0.2) is 0 Å². The van der Waals surface area contributed by atoms with E-state index in [0.29, 0.717) is 28.8 Å². The van der Waals surface area contributed by atoms with Gasteiger partial charge in [0, 0.05) is 10.6 Å². The van der Waals surface area contributed by atoms with Gasteiger partial charge in [-0.15, -0.1) is 0 Å². The van der Waals surface area contributed by atoms with Crippen molar-refractivity contribution in [2.24, 2.45) is 0 Å². The minimum atomic E-state index is -0.152. The summed E-state index contributed by atoms with van der Waals surface area (Å²) in [7, 11) is 3.19. The fourth-order valence-electron chi connectivity index (χ4n) is 2.95. The lowest BCUT2D eigenvalue weighted by molar-refractivity contribution is -0.135.